The Hall–Kier alpha value is -1.95. The first-order valence-corrected chi connectivity index (χ1v) is 7.01. The summed E-state index contributed by atoms with van der Waals surface area (Å²) in [5, 5.41) is 5.91. The Labute approximate surface area is 125 Å². The summed E-state index contributed by atoms with van der Waals surface area (Å²) in [5.41, 5.74) is 1.02. The van der Waals surface area contributed by atoms with Crippen LogP contribution >= 0.6 is 0 Å². The summed E-state index contributed by atoms with van der Waals surface area (Å²) >= 11 is 0. The zero-order valence-corrected chi connectivity index (χ0v) is 13.1. The summed E-state index contributed by atoms with van der Waals surface area (Å²) in [7, 11) is 3.12. The fraction of sp³-hybridized carbons (Fsp3) is 0.533. The normalized spacial score (nSPS) is 10.1. The van der Waals surface area contributed by atoms with E-state index in [4.69, 9.17) is 14.2 Å². The highest BCUT2D eigenvalue weighted by atomic mass is 16.5. The number of benzene rings is 1. The third-order valence-corrected chi connectivity index (χ3v) is 2.82. The number of amides is 1. The molecule has 1 aromatic carbocycles. The van der Waals surface area contributed by atoms with E-state index in [-0.39, 0.29) is 12.5 Å². The van der Waals surface area contributed by atoms with Crippen LogP contribution in [-0.2, 0) is 11.3 Å². The van der Waals surface area contributed by atoms with Gasteiger partial charge in [0, 0.05) is 13.1 Å². The standard InChI is InChI=1S/C15H24N2O4/c1-5-16-9-11-7-12(19-3)15(13(8-11)20-4)21-10-14(18)17-6-2/h7-8,16H,5-6,9-10H2,1-4H3,(H,17,18). The van der Waals surface area contributed by atoms with Crippen LogP contribution in [0.25, 0.3) is 0 Å². The number of rotatable bonds is 9. The van der Waals surface area contributed by atoms with Gasteiger partial charge in [0.05, 0.1) is 14.2 Å². The predicted octanol–water partition coefficient (Wildman–Crippen LogP) is 1.33. The highest BCUT2D eigenvalue weighted by molar-refractivity contribution is 5.77. The quantitative estimate of drug-likeness (QED) is 0.719. The molecule has 0 bridgehead atoms. The first-order chi connectivity index (χ1) is 10.2. The number of ether oxygens (including phenoxy) is 3. The van der Waals surface area contributed by atoms with Crippen molar-refractivity contribution >= 4 is 5.91 Å². The molecular formula is C15H24N2O4. The highest BCUT2D eigenvalue weighted by Crippen LogP contribution is 2.38. The lowest BCUT2D eigenvalue weighted by atomic mass is 10.1. The molecule has 0 aliphatic rings. The Morgan fingerprint density at radius 1 is 1.10 bits per heavy atom. The first-order valence-electron chi connectivity index (χ1n) is 7.01. The fourth-order valence-electron chi connectivity index (χ4n) is 1.83. The Morgan fingerprint density at radius 2 is 1.71 bits per heavy atom. The molecular weight excluding hydrogens is 272 g/mol. The summed E-state index contributed by atoms with van der Waals surface area (Å²) in [6.45, 7) is 5.97. The van der Waals surface area contributed by atoms with Crippen molar-refractivity contribution < 1.29 is 19.0 Å². The maximum absolute atomic E-state index is 11.5. The molecule has 0 fully saturated rings. The topological polar surface area (TPSA) is 68.8 Å². The lowest BCUT2D eigenvalue weighted by molar-refractivity contribution is -0.123. The molecule has 1 rings (SSSR count). The van der Waals surface area contributed by atoms with E-state index in [1.165, 1.54) is 0 Å². The van der Waals surface area contributed by atoms with Crippen molar-refractivity contribution in [1.82, 2.24) is 10.6 Å². The molecule has 0 saturated carbocycles. The summed E-state index contributed by atoms with van der Waals surface area (Å²) in [6, 6.07) is 3.75. The van der Waals surface area contributed by atoms with Crippen LogP contribution in [0.2, 0.25) is 0 Å². The maximum atomic E-state index is 11.5. The van der Waals surface area contributed by atoms with E-state index in [0.717, 1.165) is 12.1 Å². The van der Waals surface area contributed by atoms with E-state index in [9.17, 15) is 4.79 Å². The minimum absolute atomic E-state index is 0.0763. The molecule has 0 radical (unpaired) electrons. The molecule has 0 saturated heterocycles. The third-order valence-electron chi connectivity index (χ3n) is 2.82. The molecule has 6 nitrogen and oxygen atoms in total. The van der Waals surface area contributed by atoms with E-state index in [0.29, 0.717) is 30.3 Å². The van der Waals surface area contributed by atoms with Crippen LogP contribution in [-0.4, -0.2) is 39.8 Å². The zero-order chi connectivity index (χ0) is 15.7. The van der Waals surface area contributed by atoms with Crippen molar-refractivity contribution in [1.29, 1.82) is 0 Å². The summed E-state index contributed by atoms with van der Waals surface area (Å²) in [6.07, 6.45) is 0. The van der Waals surface area contributed by atoms with Gasteiger partial charge in [0.25, 0.3) is 5.91 Å². The number of nitrogens with one attached hydrogen (secondary N) is 2. The molecule has 1 aromatic rings. The smallest absolute Gasteiger partial charge is 0.257 e. The SMILES string of the molecule is CCNCc1cc(OC)c(OCC(=O)NCC)c(OC)c1. The second-order valence-electron chi connectivity index (χ2n) is 4.35. The average molecular weight is 296 g/mol. The van der Waals surface area contributed by atoms with Crippen molar-refractivity contribution in [3.05, 3.63) is 17.7 Å². The number of likely N-dealkylation sites (N-methyl/N-ethyl adjacent to an activating group) is 1. The molecule has 0 aromatic heterocycles. The first kappa shape index (κ1) is 17.1. The average Bonchev–Trinajstić information content (AvgIpc) is 2.50. The molecule has 0 spiro atoms. The Morgan fingerprint density at radius 3 is 2.19 bits per heavy atom. The molecule has 21 heavy (non-hydrogen) atoms. The lowest BCUT2D eigenvalue weighted by Gasteiger charge is -2.16. The van der Waals surface area contributed by atoms with Crippen molar-refractivity contribution in [2.45, 2.75) is 20.4 Å². The van der Waals surface area contributed by atoms with E-state index < -0.39 is 0 Å². The Bertz CT molecular complexity index is 438. The van der Waals surface area contributed by atoms with Crippen LogP contribution < -0.4 is 24.8 Å². The van der Waals surface area contributed by atoms with Gasteiger partial charge in [-0.3, -0.25) is 4.79 Å². The van der Waals surface area contributed by atoms with Crippen LogP contribution in [0.15, 0.2) is 12.1 Å². The molecule has 0 atom stereocenters. The van der Waals surface area contributed by atoms with Crippen molar-refractivity contribution in [2.24, 2.45) is 0 Å². The largest absolute Gasteiger partial charge is 0.493 e. The van der Waals surface area contributed by atoms with Gasteiger partial charge >= 0.3 is 0 Å². The maximum Gasteiger partial charge on any atom is 0.257 e. The van der Waals surface area contributed by atoms with Gasteiger partial charge in [-0.2, -0.15) is 0 Å². The number of carbonyl (C=O) groups is 1. The minimum Gasteiger partial charge on any atom is -0.493 e. The molecule has 0 aliphatic heterocycles. The van der Waals surface area contributed by atoms with E-state index in [1.54, 1.807) is 14.2 Å². The second kappa shape index (κ2) is 9.07. The van der Waals surface area contributed by atoms with Crippen LogP contribution in [0.4, 0.5) is 0 Å². The summed E-state index contributed by atoms with van der Waals surface area (Å²) in [4.78, 5) is 11.5. The van der Waals surface area contributed by atoms with Crippen molar-refractivity contribution in [2.75, 3.05) is 33.9 Å². The summed E-state index contributed by atoms with van der Waals surface area (Å²) in [5.74, 6) is 1.35. The number of carbonyl (C=O) groups excluding carboxylic acids is 1. The van der Waals surface area contributed by atoms with Crippen LogP contribution in [0.3, 0.4) is 0 Å². The summed E-state index contributed by atoms with van der Waals surface area (Å²) < 4.78 is 16.2. The van der Waals surface area contributed by atoms with E-state index in [1.807, 2.05) is 26.0 Å². The Kier molecular flexibility index (Phi) is 7.39. The molecule has 118 valence electrons. The minimum atomic E-state index is -0.182. The van der Waals surface area contributed by atoms with Gasteiger partial charge in [-0.15, -0.1) is 0 Å². The van der Waals surface area contributed by atoms with Crippen LogP contribution in [0, 0.1) is 0 Å². The van der Waals surface area contributed by atoms with Gasteiger partial charge in [-0.25, -0.2) is 0 Å². The van der Waals surface area contributed by atoms with E-state index in [2.05, 4.69) is 10.6 Å². The number of hydrogen-bond acceptors (Lipinski definition) is 5. The molecule has 2 N–H and O–H groups in total. The zero-order valence-electron chi connectivity index (χ0n) is 13.1. The van der Waals surface area contributed by atoms with Gasteiger partial charge in [0.1, 0.15) is 0 Å². The van der Waals surface area contributed by atoms with E-state index >= 15 is 0 Å². The lowest BCUT2D eigenvalue weighted by Crippen LogP contribution is -2.28. The molecule has 0 unspecified atom stereocenters. The molecule has 0 aliphatic carbocycles. The predicted molar refractivity (Wildman–Crippen MR) is 81.1 cm³/mol. The molecule has 0 heterocycles. The van der Waals surface area contributed by atoms with Crippen LogP contribution in [0.1, 0.15) is 19.4 Å². The van der Waals surface area contributed by atoms with Gasteiger partial charge in [0.2, 0.25) is 5.75 Å². The van der Waals surface area contributed by atoms with Crippen LogP contribution in [0.5, 0.6) is 17.2 Å². The van der Waals surface area contributed by atoms with Gasteiger partial charge in [-0.05, 0) is 31.2 Å². The van der Waals surface area contributed by atoms with Gasteiger partial charge in [0.15, 0.2) is 18.1 Å². The molecule has 6 heteroatoms. The second-order valence-corrected chi connectivity index (χ2v) is 4.35. The third kappa shape index (κ3) is 5.15. The van der Waals surface area contributed by atoms with Gasteiger partial charge < -0.3 is 24.8 Å². The van der Waals surface area contributed by atoms with Gasteiger partial charge in [-0.1, -0.05) is 6.92 Å². The number of hydrogen-bond donors (Lipinski definition) is 2. The van der Waals surface area contributed by atoms with Crippen molar-refractivity contribution in [3.8, 4) is 17.2 Å². The fourth-order valence-corrected chi connectivity index (χ4v) is 1.83. The van der Waals surface area contributed by atoms with Crippen molar-refractivity contribution in [3.63, 3.8) is 0 Å². The molecule has 1 amide bonds. The number of methoxy groups -OCH3 is 2. The monoisotopic (exact) mass is 296 g/mol. The Balaban J connectivity index is 2.92. The highest BCUT2D eigenvalue weighted by Gasteiger charge is 2.15.